The molecule has 0 fully saturated rings. The van der Waals surface area contributed by atoms with Gasteiger partial charge in [0.05, 0.1) is 6.61 Å². The molecule has 8 heteroatoms. The summed E-state index contributed by atoms with van der Waals surface area (Å²) in [7, 11) is 0. The molecular weight excluding hydrogens is 270 g/mol. The average molecular weight is 293 g/mol. The number of hydrogen-bond donors (Lipinski definition) is 5. The van der Waals surface area contributed by atoms with Crippen LogP contribution in [-0.2, 0) is 14.3 Å². The van der Waals surface area contributed by atoms with Gasteiger partial charge < -0.3 is 30.9 Å². The Kier molecular flexibility index (Phi) is 8.51. The first-order valence-electron chi connectivity index (χ1n) is 6.36. The molecule has 0 amide bonds. The van der Waals surface area contributed by atoms with Gasteiger partial charge in [0, 0.05) is 0 Å². The average Bonchev–Trinajstić information content (AvgIpc) is 2.48. The van der Waals surface area contributed by atoms with E-state index in [-0.39, 0.29) is 12.2 Å². The van der Waals surface area contributed by atoms with Crippen molar-refractivity contribution in [2.45, 2.75) is 50.7 Å². The van der Waals surface area contributed by atoms with Crippen molar-refractivity contribution in [3.63, 3.8) is 0 Å². The zero-order chi connectivity index (χ0) is 15.9. The molecule has 0 saturated heterocycles. The molecule has 8 nitrogen and oxygen atoms in total. The number of aldehydes is 1. The summed E-state index contributed by atoms with van der Waals surface area (Å²) in [6.07, 6.45) is -6.27. The van der Waals surface area contributed by atoms with Gasteiger partial charge in [-0.3, -0.25) is 9.59 Å². The molecule has 0 radical (unpaired) electrons. The number of aliphatic hydroxyl groups is 4. The van der Waals surface area contributed by atoms with Crippen LogP contribution in [0, 0.1) is 5.92 Å². The highest BCUT2D eigenvalue weighted by atomic mass is 16.6. The second-order valence-corrected chi connectivity index (χ2v) is 4.68. The van der Waals surface area contributed by atoms with Crippen LogP contribution in [0.5, 0.6) is 0 Å². The zero-order valence-electron chi connectivity index (χ0n) is 11.5. The van der Waals surface area contributed by atoms with E-state index in [2.05, 4.69) is 0 Å². The van der Waals surface area contributed by atoms with Crippen LogP contribution >= 0.6 is 0 Å². The summed E-state index contributed by atoms with van der Waals surface area (Å²) in [5.41, 5.74) is 5.61. The molecule has 0 saturated carbocycles. The van der Waals surface area contributed by atoms with Crippen LogP contribution in [0.2, 0.25) is 0 Å². The monoisotopic (exact) mass is 293 g/mol. The molecule has 0 bridgehead atoms. The third kappa shape index (κ3) is 5.14. The number of hydrogen-bond acceptors (Lipinski definition) is 8. The minimum atomic E-state index is -1.86. The largest absolute Gasteiger partial charge is 0.451 e. The fourth-order valence-electron chi connectivity index (χ4n) is 1.41. The molecule has 0 aliphatic carbocycles. The minimum Gasteiger partial charge on any atom is -0.451 e. The Balaban J connectivity index is 4.69. The van der Waals surface area contributed by atoms with Crippen molar-refractivity contribution < 1.29 is 34.8 Å². The van der Waals surface area contributed by atoms with Crippen LogP contribution in [0.3, 0.4) is 0 Å². The Morgan fingerprint density at radius 2 is 1.85 bits per heavy atom. The fourth-order valence-corrected chi connectivity index (χ4v) is 1.41. The van der Waals surface area contributed by atoms with E-state index in [9.17, 15) is 19.8 Å². The highest BCUT2D eigenvalue weighted by molar-refractivity contribution is 5.78. The van der Waals surface area contributed by atoms with Gasteiger partial charge in [-0.05, 0) is 5.92 Å². The topological polar surface area (TPSA) is 150 Å². The summed E-state index contributed by atoms with van der Waals surface area (Å²) in [6.45, 7) is 2.73. The van der Waals surface area contributed by atoms with Gasteiger partial charge in [0.15, 0.2) is 12.4 Å². The fraction of sp³-hybridized carbons (Fsp3) is 0.833. The predicted molar refractivity (Wildman–Crippen MR) is 68.5 cm³/mol. The van der Waals surface area contributed by atoms with Crippen LogP contribution in [0.15, 0.2) is 0 Å². The van der Waals surface area contributed by atoms with Gasteiger partial charge in [-0.1, -0.05) is 20.3 Å². The molecule has 0 unspecified atom stereocenters. The van der Waals surface area contributed by atoms with Crippen LogP contribution in [0.4, 0.5) is 0 Å². The first-order valence-corrected chi connectivity index (χ1v) is 6.36. The molecule has 0 heterocycles. The summed E-state index contributed by atoms with van der Waals surface area (Å²) in [4.78, 5) is 22.5. The molecule has 0 aromatic rings. The first-order chi connectivity index (χ1) is 9.29. The van der Waals surface area contributed by atoms with E-state index in [1.165, 1.54) is 0 Å². The van der Waals surface area contributed by atoms with Crippen molar-refractivity contribution in [3.05, 3.63) is 0 Å². The summed E-state index contributed by atoms with van der Waals surface area (Å²) < 4.78 is 4.73. The van der Waals surface area contributed by atoms with E-state index < -0.39 is 43.0 Å². The van der Waals surface area contributed by atoms with Gasteiger partial charge in [-0.2, -0.15) is 0 Å². The Morgan fingerprint density at radius 1 is 1.30 bits per heavy atom. The normalized spacial score (nSPS) is 20.4. The Labute approximate surface area is 117 Å². The lowest BCUT2D eigenvalue weighted by molar-refractivity contribution is -0.170. The molecule has 118 valence electrons. The first kappa shape index (κ1) is 18.9. The molecule has 6 atom stereocenters. The van der Waals surface area contributed by atoms with Crippen molar-refractivity contribution in [2.75, 3.05) is 6.61 Å². The van der Waals surface area contributed by atoms with E-state index in [1.807, 2.05) is 6.92 Å². The van der Waals surface area contributed by atoms with Crippen LogP contribution in [0.1, 0.15) is 20.3 Å². The number of aliphatic hydroxyl groups excluding tert-OH is 4. The third-order valence-electron chi connectivity index (χ3n) is 3.18. The molecule has 0 aliphatic rings. The number of ether oxygens (including phenoxy) is 1. The lowest BCUT2D eigenvalue weighted by Gasteiger charge is -2.27. The van der Waals surface area contributed by atoms with Gasteiger partial charge in [0.25, 0.3) is 0 Å². The Morgan fingerprint density at radius 3 is 2.25 bits per heavy atom. The Hall–Kier alpha value is -1.06. The predicted octanol–water partition coefficient (Wildman–Crippen LogP) is -2.45. The SMILES string of the molecule is CC[C@H](C)[C@H](N)C(=O)O[C@@H](C=O)[C@@H](O)[C@@H](O)[C@H](O)CO. The highest BCUT2D eigenvalue weighted by Crippen LogP contribution is 2.11. The molecule has 20 heavy (non-hydrogen) atoms. The van der Waals surface area contributed by atoms with Crippen LogP contribution in [-0.4, -0.2) is 69.7 Å². The van der Waals surface area contributed by atoms with Crippen molar-refractivity contribution >= 4 is 12.3 Å². The van der Waals surface area contributed by atoms with Gasteiger partial charge in [0.2, 0.25) is 0 Å². The van der Waals surface area contributed by atoms with Crippen LogP contribution < -0.4 is 5.73 Å². The molecule has 6 N–H and O–H groups in total. The van der Waals surface area contributed by atoms with Crippen molar-refractivity contribution in [1.82, 2.24) is 0 Å². The maximum Gasteiger partial charge on any atom is 0.323 e. The summed E-state index contributed by atoms with van der Waals surface area (Å²) >= 11 is 0. The number of rotatable bonds is 9. The summed E-state index contributed by atoms with van der Waals surface area (Å²) in [6, 6.07) is -0.963. The molecular formula is C12H23NO7. The number of esters is 1. The van der Waals surface area contributed by atoms with Gasteiger partial charge >= 0.3 is 5.97 Å². The lowest BCUT2D eigenvalue weighted by atomic mass is 10.00. The van der Waals surface area contributed by atoms with E-state index >= 15 is 0 Å². The third-order valence-corrected chi connectivity index (χ3v) is 3.18. The highest BCUT2D eigenvalue weighted by Gasteiger charge is 2.35. The van der Waals surface area contributed by atoms with Gasteiger partial charge in [-0.25, -0.2) is 0 Å². The zero-order valence-corrected chi connectivity index (χ0v) is 11.5. The minimum absolute atomic E-state index is 0.124. The smallest absolute Gasteiger partial charge is 0.323 e. The van der Waals surface area contributed by atoms with E-state index in [0.29, 0.717) is 6.42 Å². The maximum absolute atomic E-state index is 11.7. The number of carbonyl (C=O) groups is 2. The second kappa shape index (κ2) is 8.98. The number of nitrogens with two attached hydrogens (primary N) is 1. The quantitative estimate of drug-likeness (QED) is 0.232. The van der Waals surface area contributed by atoms with Crippen molar-refractivity contribution in [2.24, 2.45) is 11.7 Å². The molecule has 0 spiro atoms. The Bertz CT molecular complexity index is 312. The van der Waals surface area contributed by atoms with E-state index in [0.717, 1.165) is 0 Å². The van der Waals surface area contributed by atoms with E-state index in [1.54, 1.807) is 6.92 Å². The molecule has 0 aromatic heterocycles. The molecule has 0 aliphatic heterocycles. The van der Waals surface area contributed by atoms with Crippen LogP contribution in [0.25, 0.3) is 0 Å². The summed E-state index contributed by atoms with van der Waals surface area (Å²) in [5, 5.41) is 36.9. The summed E-state index contributed by atoms with van der Waals surface area (Å²) in [5.74, 6) is -1.07. The van der Waals surface area contributed by atoms with E-state index in [4.69, 9.17) is 20.7 Å². The lowest BCUT2D eigenvalue weighted by Crippen LogP contribution is -2.50. The second-order valence-electron chi connectivity index (χ2n) is 4.68. The standard InChI is InChI=1S/C12H23NO7/c1-3-6(2)9(13)12(19)20-8(5-15)11(18)10(17)7(16)4-14/h5-11,14,16-18H,3-4,13H2,1-2H3/t6-,7+,8-,9-,10-,11+/m0/s1. The van der Waals surface area contributed by atoms with Crippen molar-refractivity contribution in [3.8, 4) is 0 Å². The molecule has 0 rings (SSSR count). The number of carbonyl (C=O) groups excluding carboxylic acids is 2. The maximum atomic E-state index is 11.7. The van der Waals surface area contributed by atoms with Gasteiger partial charge in [-0.15, -0.1) is 0 Å². The van der Waals surface area contributed by atoms with Crippen molar-refractivity contribution in [1.29, 1.82) is 0 Å². The van der Waals surface area contributed by atoms with Gasteiger partial charge in [0.1, 0.15) is 24.4 Å². The molecule has 0 aromatic carbocycles.